The van der Waals surface area contributed by atoms with Crippen LogP contribution in [0, 0.1) is 0 Å². The van der Waals surface area contributed by atoms with Gasteiger partial charge in [0.25, 0.3) is 11.5 Å². The second kappa shape index (κ2) is 34.6. The van der Waals surface area contributed by atoms with Crippen molar-refractivity contribution in [3.63, 3.8) is 0 Å². The Kier molecular flexibility index (Phi) is 28.2. The van der Waals surface area contributed by atoms with Gasteiger partial charge in [0.1, 0.15) is 23.7 Å². The first-order valence-electron chi connectivity index (χ1n) is 25.8. The highest BCUT2D eigenvalue weighted by Gasteiger charge is 2.28. The van der Waals surface area contributed by atoms with Crippen LogP contribution in [-0.2, 0) is 54.3 Å². The molecule has 0 spiro atoms. The Bertz CT molecular complexity index is 2470. The van der Waals surface area contributed by atoms with E-state index in [1.54, 1.807) is 17.0 Å². The van der Waals surface area contributed by atoms with Gasteiger partial charge in [-0.2, -0.15) is 4.98 Å². The average molecular weight is 1100 g/mol. The van der Waals surface area contributed by atoms with Gasteiger partial charge in [0.05, 0.1) is 62.8 Å². The van der Waals surface area contributed by atoms with Gasteiger partial charge in [0.2, 0.25) is 5.95 Å². The van der Waals surface area contributed by atoms with Crippen LogP contribution in [0.2, 0.25) is 0 Å². The molecule has 1 amide bonds. The SMILES string of the molecule is Nc1nc2ncc(CNc3ccc(C(=O)N[C@@H](CCC(=O)CCCCOCCOCCOCCCCC(=O)CCC(C(=O)O)N4CCN(CC(=O)[O-])CCN(CC(=O)[O-])CCN(CC(=O)[O-])CC4)C(=O)O)cc3)nc2c(=O)[nH]1. The number of aromatic amines is 1. The molecular weight excluding hydrogens is 1030 g/mol. The molecule has 78 heavy (non-hydrogen) atoms. The van der Waals surface area contributed by atoms with Crippen molar-refractivity contribution in [3.05, 3.63) is 52.1 Å². The number of fused-ring (bicyclic) bond motifs is 1. The van der Waals surface area contributed by atoms with Crippen LogP contribution in [0.25, 0.3) is 11.2 Å². The number of Topliss-reactive ketones (excluding diaryl/α,β-unsaturated/α-hetero) is 2. The number of hydrogen-bond donors (Lipinski definition) is 6. The van der Waals surface area contributed by atoms with Crippen molar-refractivity contribution >= 4 is 70.1 Å². The number of aliphatic carboxylic acids is 5. The van der Waals surface area contributed by atoms with E-state index >= 15 is 0 Å². The number of H-pyrrole nitrogens is 1. The summed E-state index contributed by atoms with van der Waals surface area (Å²) >= 11 is 0. The maximum absolute atomic E-state index is 12.9. The van der Waals surface area contributed by atoms with Crippen molar-refractivity contribution in [2.75, 3.05) is 123 Å². The van der Waals surface area contributed by atoms with Gasteiger partial charge in [-0.25, -0.2) is 14.8 Å². The molecule has 1 aliphatic heterocycles. The Morgan fingerprint density at radius 3 is 1.62 bits per heavy atom. The second-order valence-corrected chi connectivity index (χ2v) is 18.5. The molecule has 0 aliphatic carbocycles. The fraction of sp³-hybridized carbons (Fsp3) is 0.600. The van der Waals surface area contributed by atoms with E-state index in [1.165, 1.54) is 33.0 Å². The lowest BCUT2D eigenvalue weighted by Crippen LogP contribution is -2.53. The molecule has 3 aromatic rings. The van der Waals surface area contributed by atoms with Gasteiger partial charge < -0.3 is 70.5 Å². The molecule has 1 fully saturated rings. The highest BCUT2D eigenvalue weighted by molar-refractivity contribution is 5.97. The van der Waals surface area contributed by atoms with Crippen molar-refractivity contribution < 1.29 is 78.1 Å². The number of anilines is 2. The van der Waals surface area contributed by atoms with Gasteiger partial charge in [0, 0.05) is 122 Å². The van der Waals surface area contributed by atoms with Crippen molar-refractivity contribution in [1.29, 1.82) is 0 Å². The lowest BCUT2D eigenvalue weighted by molar-refractivity contribution is -0.308. The Balaban J connectivity index is 1.02. The standard InChI is InChI=1S/C50H73N11O17/c51-50-56-45-44(47(71)57-50)54-36(30-53-45)29-52-35-9-7-34(8-10-35)46(70)55-39(48(72)73)13-11-37(62)5-1-3-23-76-25-27-78-28-26-77-24-4-2-6-38(63)12-14-40(49(74)75)61-21-19-59(32-42(66)67)17-15-58(31-41(64)65)16-18-60(20-22-61)33-43(68)69/h7-10,30,39-40,52H,1-6,11-29,31-33H2,(H,55,70)(H,64,65)(H,66,67)(H,68,69)(H,72,73)(H,74,75)(H3,51,53,56,57,71)/p-3/t39-,40?/m0/s1. The van der Waals surface area contributed by atoms with Crippen molar-refractivity contribution in [1.82, 2.24) is 44.9 Å². The molecule has 1 aromatic carbocycles. The number of nitrogens with one attached hydrogen (secondary N) is 3. The highest BCUT2D eigenvalue weighted by Crippen LogP contribution is 2.15. The summed E-state index contributed by atoms with van der Waals surface area (Å²) in [6, 6.07) is 3.87. The van der Waals surface area contributed by atoms with Gasteiger partial charge in [-0.15, -0.1) is 0 Å². The number of ether oxygens (including phenoxy) is 3. The summed E-state index contributed by atoms with van der Waals surface area (Å²) in [6.07, 6.45) is 3.94. The van der Waals surface area contributed by atoms with Crippen LogP contribution in [0.1, 0.15) is 80.3 Å². The van der Waals surface area contributed by atoms with Crippen molar-refractivity contribution in [2.45, 2.75) is 82.8 Å². The molecule has 28 nitrogen and oxygen atoms in total. The minimum Gasteiger partial charge on any atom is -0.549 e. The zero-order valence-corrected chi connectivity index (χ0v) is 43.6. The third kappa shape index (κ3) is 24.9. The number of nitrogens with zero attached hydrogens (tertiary/aromatic N) is 7. The maximum atomic E-state index is 12.9. The van der Waals surface area contributed by atoms with Crippen LogP contribution in [0.15, 0.2) is 35.3 Å². The van der Waals surface area contributed by atoms with Crippen LogP contribution < -0.4 is 37.2 Å². The van der Waals surface area contributed by atoms with E-state index in [2.05, 4.69) is 30.6 Å². The number of carboxylic acids is 5. The number of rotatable bonds is 36. The molecule has 0 bridgehead atoms. The predicted octanol–water partition coefficient (Wildman–Crippen LogP) is -3.90. The number of carboxylic acid groups (broad SMARTS) is 5. The summed E-state index contributed by atoms with van der Waals surface area (Å²) in [5, 5.41) is 59.8. The van der Waals surface area contributed by atoms with Crippen LogP contribution >= 0.6 is 0 Å². The van der Waals surface area contributed by atoms with Gasteiger partial charge in [-0.3, -0.25) is 48.6 Å². The number of benzene rings is 1. The monoisotopic (exact) mass is 1100 g/mol. The molecule has 2 aromatic heterocycles. The minimum absolute atomic E-state index is 0.0257. The lowest BCUT2D eigenvalue weighted by Gasteiger charge is -2.36. The Morgan fingerprint density at radius 1 is 0.641 bits per heavy atom. The molecular formula is C50H70N11O17-3. The zero-order valence-electron chi connectivity index (χ0n) is 43.6. The normalized spacial score (nSPS) is 15.1. The number of carbonyl (C=O) groups is 8. The maximum Gasteiger partial charge on any atom is 0.326 e. The number of unbranched alkanes of at least 4 members (excludes halogenated alkanes) is 2. The van der Waals surface area contributed by atoms with Crippen LogP contribution in [-0.4, -0.2) is 221 Å². The fourth-order valence-corrected chi connectivity index (χ4v) is 8.28. The third-order valence-electron chi connectivity index (χ3n) is 12.5. The molecule has 28 heteroatoms. The smallest absolute Gasteiger partial charge is 0.326 e. The average Bonchev–Trinajstić information content (AvgIpc) is 3.38. The molecule has 2 atom stereocenters. The molecule has 1 unspecified atom stereocenters. The first-order chi connectivity index (χ1) is 37.4. The molecule has 430 valence electrons. The van der Waals surface area contributed by atoms with E-state index in [4.69, 9.17) is 19.9 Å². The molecule has 1 aliphatic rings. The van der Waals surface area contributed by atoms with Gasteiger partial charge >= 0.3 is 11.9 Å². The number of aromatic nitrogens is 4. The van der Waals surface area contributed by atoms with Crippen LogP contribution in [0.5, 0.6) is 0 Å². The first-order valence-corrected chi connectivity index (χ1v) is 25.8. The highest BCUT2D eigenvalue weighted by atomic mass is 16.5. The molecule has 7 N–H and O–H groups in total. The number of amides is 1. The molecule has 3 heterocycles. The van der Waals surface area contributed by atoms with Gasteiger partial charge in [-0.05, 0) is 62.8 Å². The van der Waals surface area contributed by atoms with Crippen molar-refractivity contribution in [3.8, 4) is 0 Å². The van der Waals surface area contributed by atoms with E-state index in [-0.39, 0.29) is 132 Å². The number of nitrogens with two attached hydrogens (primary N) is 1. The van der Waals surface area contributed by atoms with Crippen LogP contribution in [0.4, 0.5) is 11.6 Å². The van der Waals surface area contributed by atoms with E-state index in [0.717, 1.165) is 0 Å². The lowest BCUT2D eigenvalue weighted by atomic mass is 10.0. The van der Waals surface area contributed by atoms with E-state index in [0.29, 0.717) is 76.7 Å². The van der Waals surface area contributed by atoms with Crippen LogP contribution in [0.3, 0.4) is 0 Å². The van der Waals surface area contributed by atoms with Gasteiger partial charge in [0.15, 0.2) is 11.2 Å². The summed E-state index contributed by atoms with van der Waals surface area (Å²) in [5.74, 6) is -7.51. The number of hydrogen-bond acceptors (Lipinski definition) is 24. The van der Waals surface area contributed by atoms with E-state index in [9.17, 15) is 68.7 Å². The zero-order chi connectivity index (χ0) is 56.8. The minimum atomic E-state index is -1.37. The number of carbonyl (C=O) groups excluding carboxylic acids is 6. The summed E-state index contributed by atoms with van der Waals surface area (Å²) in [7, 11) is 0. The second-order valence-electron chi connectivity index (χ2n) is 18.5. The van der Waals surface area contributed by atoms with Crippen molar-refractivity contribution in [2.24, 2.45) is 0 Å². The van der Waals surface area contributed by atoms with Gasteiger partial charge in [-0.1, -0.05) is 0 Å². The quantitative estimate of drug-likeness (QED) is 0.0303. The Hall–Kier alpha value is -7.08. The Labute approximate surface area is 449 Å². The number of ketones is 2. The Morgan fingerprint density at radius 2 is 1.13 bits per heavy atom. The summed E-state index contributed by atoms with van der Waals surface area (Å²) in [4.78, 5) is 130. The molecule has 0 saturated carbocycles. The first kappa shape index (κ1) is 63.5. The molecule has 1 saturated heterocycles. The third-order valence-corrected chi connectivity index (χ3v) is 12.5. The molecule has 0 radical (unpaired) electrons. The summed E-state index contributed by atoms with van der Waals surface area (Å²) in [5.41, 5.74) is 6.46. The molecule has 4 rings (SSSR count). The predicted molar refractivity (Wildman–Crippen MR) is 271 cm³/mol. The van der Waals surface area contributed by atoms with E-state index in [1.807, 2.05) is 0 Å². The largest absolute Gasteiger partial charge is 0.549 e. The summed E-state index contributed by atoms with van der Waals surface area (Å²) < 4.78 is 16.7. The van der Waals surface area contributed by atoms with E-state index < -0.39 is 73.0 Å². The topological polar surface area (TPSA) is 408 Å². The fourth-order valence-electron chi connectivity index (χ4n) is 8.28. The summed E-state index contributed by atoms with van der Waals surface area (Å²) in [6.45, 7) is 1.61. The number of nitrogen functional groups attached to an aromatic ring is 1.